The van der Waals surface area contributed by atoms with E-state index in [9.17, 15) is 10.1 Å². The highest BCUT2D eigenvalue weighted by Gasteiger charge is 2.12. The first-order valence-corrected chi connectivity index (χ1v) is 3.19. The van der Waals surface area contributed by atoms with E-state index in [0.29, 0.717) is 0 Å². The normalized spacial score (nSPS) is 9.75. The molecule has 0 amide bonds. The Morgan fingerprint density at radius 2 is 1.75 bits per heavy atom. The molecule has 0 aliphatic carbocycles. The third-order valence-electron chi connectivity index (χ3n) is 1.55. The highest BCUT2D eigenvalue weighted by atomic mass is 16.6. The summed E-state index contributed by atoms with van der Waals surface area (Å²) < 4.78 is 0. The van der Waals surface area contributed by atoms with Crippen LogP contribution in [0.25, 0.3) is 0 Å². The van der Waals surface area contributed by atoms with Crippen LogP contribution in [0, 0.1) is 17.0 Å². The monoisotopic (exact) mass is 169 g/mol. The molecule has 0 saturated carbocycles. The molecule has 1 aromatic carbocycles. The van der Waals surface area contributed by atoms with Crippen LogP contribution in [0.2, 0.25) is 0 Å². The van der Waals surface area contributed by atoms with Crippen LogP contribution in [0.3, 0.4) is 0 Å². The van der Waals surface area contributed by atoms with Crippen LogP contribution in [-0.4, -0.2) is 15.1 Å². The lowest BCUT2D eigenvalue weighted by Gasteiger charge is -2.00. The van der Waals surface area contributed by atoms with Gasteiger partial charge in [0.15, 0.2) is 0 Å². The number of hydrogen-bond donors (Lipinski definition) is 2. The van der Waals surface area contributed by atoms with Crippen LogP contribution in [0.5, 0.6) is 11.5 Å². The number of benzene rings is 1. The van der Waals surface area contributed by atoms with E-state index in [0.717, 1.165) is 12.1 Å². The second-order valence-corrected chi connectivity index (χ2v) is 2.37. The van der Waals surface area contributed by atoms with Gasteiger partial charge < -0.3 is 10.2 Å². The van der Waals surface area contributed by atoms with Gasteiger partial charge in [0.1, 0.15) is 11.5 Å². The number of non-ortho nitro benzene ring substituents is 1. The third-order valence-corrected chi connectivity index (χ3v) is 1.55. The summed E-state index contributed by atoms with van der Waals surface area (Å²) in [7, 11) is 0. The van der Waals surface area contributed by atoms with Gasteiger partial charge in [-0.3, -0.25) is 10.1 Å². The predicted octanol–water partition coefficient (Wildman–Crippen LogP) is 1.31. The highest BCUT2D eigenvalue weighted by molar-refractivity contribution is 5.51. The number of hydrogen-bond acceptors (Lipinski definition) is 4. The summed E-state index contributed by atoms with van der Waals surface area (Å²) in [6.45, 7) is 1.47. The van der Waals surface area contributed by atoms with Gasteiger partial charge in [0.2, 0.25) is 0 Å². The fraction of sp³-hybridized carbons (Fsp3) is 0.143. The Balaban J connectivity index is 3.31. The van der Waals surface area contributed by atoms with E-state index in [2.05, 4.69) is 0 Å². The Morgan fingerprint density at radius 3 is 2.08 bits per heavy atom. The Kier molecular flexibility index (Phi) is 1.86. The number of aromatic hydroxyl groups is 2. The molecule has 12 heavy (non-hydrogen) atoms. The number of phenols is 2. The molecule has 0 atom stereocenters. The van der Waals surface area contributed by atoms with Crippen LogP contribution in [0.1, 0.15) is 5.56 Å². The van der Waals surface area contributed by atoms with Gasteiger partial charge >= 0.3 is 0 Å². The maximum atomic E-state index is 10.2. The minimum atomic E-state index is -0.682. The maximum absolute atomic E-state index is 10.2. The van der Waals surface area contributed by atoms with Gasteiger partial charge in [0.25, 0.3) is 5.69 Å². The van der Waals surface area contributed by atoms with E-state index in [1.54, 1.807) is 0 Å². The van der Waals surface area contributed by atoms with Crippen molar-refractivity contribution in [2.24, 2.45) is 0 Å². The van der Waals surface area contributed by atoms with Crippen molar-refractivity contribution in [3.8, 4) is 11.5 Å². The van der Waals surface area contributed by atoms with Gasteiger partial charge in [-0.15, -0.1) is 0 Å². The summed E-state index contributed by atoms with van der Waals surface area (Å²) >= 11 is 0. The molecule has 1 rings (SSSR count). The SMILES string of the molecule is Cc1c(O)cc([N+](=O)[O-])cc1O. The highest BCUT2D eigenvalue weighted by Crippen LogP contribution is 2.30. The summed E-state index contributed by atoms with van der Waals surface area (Å²) in [4.78, 5) is 9.52. The molecule has 0 heterocycles. The third kappa shape index (κ3) is 1.29. The molecule has 2 N–H and O–H groups in total. The first-order valence-electron chi connectivity index (χ1n) is 3.19. The summed E-state index contributed by atoms with van der Waals surface area (Å²) in [5.74, 6) is -0.552. The van der Waals surface area contributed by atoms with Crippen molar-refractivity contribution in [3.05, 3.63) is 27.8 Å². The lowest BCUT2D eigenvalue weighted by molar-refractivity contribution is -0.385. The minimum absolute atomic E-state index is 0.237. The van der Waals surface area contributed by atoms with Gasteiger partial charge in [-0.2, -0.15) is 0 Å². The number of phenolic OH excluding ortho intramolecular Hbond substituents is 2. The molecule has 5 heteroatoms. The van der Waals surface area contributed by atoms with Crippen LogP contribution in [-0.2, 0) is 0 Å². The molecule has 0 saturated heterocycles. The summed E-state index contributed by atoms with van der Waals surface area (Å²) in [6.07, 6.45) is 0. The topological polar surface area (TPSA) is 83.6 Å². The van der Waals surface area contributed by atoms with E-state index in [1.165, 1.54) is 6.92 Å². The zero-order chi connectivity index (χ0) is 9.30. The van der Waals surface area contributed by atoms with E-state index < -0.39 is 4.92 Å². The van der Waals surface area contributed by atoms with Crippen molar-refractivity contribution in [1.29, 1.82) is 0 Å². The summed E-state index contributed by atoms with van der Waals surface area (Å²) in [5, 5.41) is 28.3. The number of nitro benzene ring substituents is 1. The molecule has 0 spiro atoms. The van der Waals surface area contributed by atoms with Crippen LogP contribution >= 0.6 is 0 Å². The minimum Gasteiger partial charge on any atom is -0.507 e. The molecule has 64 valence electrons. The Morgan fingerprint density at radius 1 is 1.33 bits per heavy atom. The van der Waals surface area contributed by atoms with E-state index in [4.69, 9.17) is 10.2 Å². The molecule has 0 fully saturated rings. The lowest BCUT2D eigenvalue weighted by atomic mass is 10.2. The second-order valence-electron chi connectivity index (χ2n) is 2.37. The van der Waals surface area contributed by atoms with Crippen molar-refractivity contribution in [3.63, 3.8) is 0 Å². The maximum Gasteiger partial charge on any atom is 0.276 e. The fourth-order valence-electron chi connectivity index (χ4n) is 0.775. The smallest absolute Gasteiger partial charge is 0.276 e. The average Bonchev–Trinajstić information content (AvgIpc) is 1.99. The van der Waals surface area contributed by atoms with Crippen molar-refractivity contribution in [1.82, 2.24) is 0 Å². The Hall–Kier alpha value is -1.78. The van der Waals surface area contributed by atoms with E-state index in [1.807, 2.05) is 0 Å². The molecule has 0 aliphatic rings. The first kappa shape index (κ1) is 8.32. The van der Waals surface area contributed by atoms with Crippen molar-refractivity contribution in [2.75, 3.05) is 0 Å². The molecule has 0 aliphatic heterocycles. The predicted molar refractivity (Wildman–Crippen MR) is 41.2 cm³/mol. The number of rotatable bonds is 1. The molecule has 0 bridgehead atoms. The number of nitrogens with zero attached hydrogens (tertiary/aromatic N) is 1. The van der Waals surface area contributed by atoms with Gasteiger partial charge in [-0.1, -0.05) is 0 Å². The van der Waals surface area contributed by atoms with Crippen molar-refractivity contribution >= 4 is 5.69 Å². The number of nitro groups is 1. The van der Waals surface area contributed by atoms with Crippen LogP contribution < -0.4 is 0 Å². The Bertz CT molecular complexity index is 311. The van der Waals surface area contributed by atoms with Crippen molar-refractivity contribution < 1.29 is 15.1 Å². The molecule has 5 nitrogen and oxygen atoms in total. The van der Waals surface area contributed by atoms with Gasteiger partial charge in [0, 0.05) is 5.56 Å². The van der Waals surface area contributed by atoms with Gasteiger partial charge in [0.05, 0.1) is 17.1 Å². The standard InChI is InChI=1S/C7H7NO4/c1-4-6(9)2-5(8(11)12)3-7(4)10/h2-3,9-10H,1H3. The van der Waals surface area contributed by atoms with Gasteiger partial charge in [-0.05, 0) is 6.92 Å². The Labute approximate surface area is 68.0 Å². The van der Waals surface area contributed by atoms with Crippen molar-refractivity contribution in [2.45, 2.75) is 6.92 Å². The quantitative estimate of drug-likeness (QED) is 0.490. The molecule has 0 radical (unpaired) electrons. The summed E-state index contributed by atoms with van der Waals surface area (Å²) in [5.41, 5.74) is -0.0869. The molecule has 0 aromatic heterocycles. The molecular formula is C7H7NO4. The second kappa shape index (κ2) is 2.69. The summed E-state index contributed by atoms with van der Waals surface area (Å²) in [6, 6.07) is 1.99. The average molecular weight is 169 g/mol. The largest absolute Gasteiger partial charge is 0.507 e. The van der Waals surface area contributed by atoms with Crippen LogP contribution in [0.4, 0.5) is 5.69 Å². The molecule has 1 aromatic rings. The zero-order valence-electron chi connectivity index (χ0n) is 6.31. The first-order chi connectivity index (χ1) is 5.52. The lowest BCUT2D eigenvalue weighted by Crippen LogP contribution is -1.88. The van der Waals surface area contributed by atoms with E-state index in [-0.39, 0.29) is 22.7 Å². The zero-order valence-corrected chi connectivity index (χ0v) is 6.31. The van der Waals surface area contributed by atoms with E-state index >= 15 is 0 Å². The molecule has 0 unspecified atom stereocenters. The van der Waals surface area contributed by atoms with Gasteiger partial charge in [-0.25, -0.2) is 0 Å². The molecular weight excluding hydrogens is 162 g/mol. The van der Waals surface area contributed by atoms with Crippen LogP contribution in [0.15, 0.2) is 12.1 Å². The fourth-order valence-corrected chi connectivity index (χ4v) is 0.775.